The molecule has 5 rings (SSSR count). The number of para-hydroxylation sites is 1. The molecule has 1 N–H and O–H groups in total. The number of carboxylic acid groups (broad SMARTS) is 1. The van der Waals surface area contributed by atoms with E-state index in [1.54, 1.807) is 18.2 Å². The first-order chi connectivity index (χ1) is 16.0. The lowest BCUT2D eigenvalue weighted by atomic mass is 9.76. The third kappa shape index (κ3) is 4.32. The highest BCUT2D eigenvalue weighted by atomic mass is 19.1. The molecule has 0 amide bonds. The molecule has 1 saturated heterocycles. The van der Waals surface area contributed by atoms with Crippen LogP contribution < -0.4 is 4.74 Å². The number of benzene rings is 2. The van der Waals surface area contributed by atoms with E-state index in [2.05, 4.69) is 9.88 Å². The monoisotopic (exact) mass is 448 g/mol. The number of aromatic carboxylic acids is 1. The summed E-state index contributed by atoms with van der Waals surface area (Å²) in [6.07, 6.45) is 5.43. The molecule has 1 aliphatic carbocycles. The van der Waals surface area contributed by atoms with Gasteiger partial charge in [0.1, 0.15) is 23.2 Å². The maximum absolute atomic E-state index is 14.4. The van der Waals surface area contributed by atoms with Gasteiger partial charge in [0.05, 0.1) is 5.56 Å². The summed E-state index contributed by atoms with van der Waals surface area (Å²) in [7, 11) is 0. The highest BCUT2D eigenvalue weighted by Gasteiger charge is 2.41. The van der Waals surface area contributed by atoms with E-state index >= 15 is 0 Å². The van der Waals surface area contributed by atoms with Gasteiger partial charge in [0, 0.05) is 42.2 Å². The lowest BCUT2D eigenvalue weighted by Crippen LogP contribution is -2.53. The van der Waals surface area contributed by atoms with Crippen molar-refractivity contribution in [1.29, 1.82) is 0 Å². The summed E-state index contributed by atoms with van der Waals surface area (Å²) in [6.45, 7) is 3.35. The summed E-state index contributed by atoms with van der Waals surface area (Å²) in [5.74, 6) is -0.141. The maximum Gasteiger partial charge on any atom is 0.336 e. The summed E-state index contributed by atoms with van der Waals surface area (Å²) in [4.78, 5) is 18.5. The average molecular weight is 449 g/mol. The Labute approximate surface area is 193 Å². The fourth-order valence-electron chi connectivity index (χ4n) is 5.69. The quantitative estimate of drug-likeness (QED) is 0.551. The molecular weight excluding hydrogens is 419 g/mol. The first kappa shape index (κ1) is 21.8. The molecule has 2 heterocycles. The SMILES string of the molecule is Cc1cc(OC2CCN(Cc3ccccc3C(=O)O)C3CCCCC23)c2cccc(F)c2n1. The van der Waals surface area contributed by atoms with Crippen LogP contribution in [-0.4, -0.2) is 39.7 Å². The van der Waals surface area contributed by atoms with Crippen molar-refractivity contribution in [3.63, 3.8) is 0 Å². The summed E-state index contributed by atoms with van der Waals surface area (Å²) >= 11 is 0. The van der Waals surface area contributed by atoms with Crippen LogP contribution in [0.4, 0.5) is 4.39 Å². The number of piperidine rings is 1. The fraction of sp³-hybridized carbons (Fsp3) is 0.407. The molecule has 1 aliphatic heterocycles. The predicted molar refractivity (Wildman–Crippen MR) is 125 cm³/mol. The molecule has 0 bridgehead atoms. The van der Waals surface area contributed by atoms with Crippen LogP contribution in [-0.2, 0) is 6.54 Å². The van der Waals surface area contributed by atoms with Crippen LogP contribution in [0.15, 0.2) is 48.5 Å². The smallest absolute Gasteiger partial charge is 0.336 e. The molecule has 1 saturated carbocycles. The Morgan fingerprint density at radius 1 is 1.15 bits per heavy atom. The number of likely N-dealkylation sites (tertiary alicyclic amines) is 1. The summed E-state index contributed by atoms with van der Waals surface area (Å²) in [5, 5.41) is 10.3. The molecule has 2 fully saturated rings. The molecule has 3 aromatic rings. The number of nitrogens with zero attached hydrogens (tertiary/aromatic N) is 2. The molecule has 172 valence electrons. The van der Waals surface area contributed by atoms with E-state index in [1.165, 1.54) is 18.9 Å². The Kier molecular flexibility index (Phi) is 6.02. The van der Waals surface area contributed by atoms with Crippen LogP contribution in [0.2, 0.25) is 0 Å². The van der Waals surface area contributed by atoms with Gasteiger partial charge in [-0.15, -0.1) is 0 Å². The van der Waals surface area contributed by atoms with Gasteiger partial charge in [-0.2, -0.15) is 0 Å². The Morgan fingerprint density at radius 3 is 2.82 bits per heavy atom. The third-order valence-electron chi connectivity index (χ3n) is 7.21. The Hall–Kier alpha value is -2.99. The van der Waals surface area contributed by atoms with E-state index in [1.807, 2.05) is 31.2 Å². The highest BCUT2D eigenvalue weighted by Crippen LogP contribution is 2.39. The third-order valence-corrected chi connectivity index (χ3v) is 7.21. The van der Waals surface area contributed by atoms with Crippen molar-refractivity contribution in [3.8, 4) is 5.75 Å². The number of pyridine rings is 1. The normalized spacial score (nSPS) is 23.3. The number of aromatic nitrogens is 1. The molecule has 0 spiro atoms. The molecular formula is C27H29FN2O3. The lowest BCUT2D eigenvalue weighted by molar-refractivity contribution is -0.0269. The van der Waals surface area contributed by atoms with Crippen molar-refractivity contribution in [2.75, 3.05) is 6.54 Å². The zero-order valence-corrected chi connectivity index (χ0v) is 18.8. The zero-order valence-electron chi connectivity index (χ0n) is 18.8. The van der Waals surface area contributed by atoms with Gasteiger partial charge in [0.25, 0.3) is 0 Å². The molecule has 6 heteroatoms. The number of fused-ring (bicyclic) bond motifs is 2. The van der Waals surface area contributed by atoms with E-state index in [0.29, 0.717) is 40.7 Å². The molecule has 33 heavy (non-hydrogen) atoms. The van der Waals surface area contributed by atoms with Crippen molar-refractivity contribution < 1.29 is 19.0 Å². The van der Waals surface area contributed by atoms with Crippen LogP contribution in [0.3, 0.4) is 0 Å². The first-order valence-corrected chi connectivity index (χ1v) is 11.8. The highest BCUT2D eigenvalue weighted by molar-refractivity contribution is 5.89. The van der Waals surface area contributed by atoms with Gasteiger partial charge in [0.15, 0.2) is 0 Å². The summed E-state index contributed by atoms with van der Waals surface area (Å²) in [5.41, 5.74) is 2.34. The number of halogens is 1. The van der Waals surface area contributed by atoms with Gasteiger partial charge in [-0.25, -0.2) is 14.2 Å². The number of hydrogen-bond donors (Lipinski definition) is 1. The summed E-state index contributed by atoms with van der Waals surface area (Å²) < 4.78 is 21.0. The van der Waals surface area contributed by atoms with Crippen LogP contribution in [0.1, 0.15) is 53.7 Å². The van der Waals surface area contributed by atoms with Crippen LogP contribution >= 0.6 is 0 Å². The van der Waals surface area contributed by atoms with Crippen molar-refractivity contribution in [2.45, 2.75) is 57.7 Å². The second-order valence-corrected chi connectivity index (χ2v) is 9.29. The van der Waals surface area contributed by atoms with Crippen molar-refractivity contribution >= 4 is 16.9 Å². The Morgan fingerprint density at radius 2 is 1.97 bits per heavy atom. The molecule has 2 aliphatic rings. The zero-order chi connectivity index (χ0) is 22.9. The van der Waals surface area contributed by atoms with Crippen LogP contribution in [0.5, 0.6) is 5.75 Å². The number of hydrogen-bond acceptors (Lipinski definition) is 4. The van der Waals surface area contributed by atoms with E-state index in [4.69, 9.17) is 4.74 Å². The van der Waals surface area contributed by atoms with E-state index in [0.717, 1.165) is 37.1 Å². The maximum atomic E-state index is 14.4. The number of carbonyl (C=O) groups is 1. The van der Waals surface area contributed by atoms with Crippen molar-refractivity contribution in [1.82, 2.24) is 9.88 Å². The van der Waals surface area contributed by atoms with Gasteiger partial charge in [-0.3, -0.25) is 4.90 Å². The van der Waals surface area contributed by atoms with E-state index < -0.39 is 5.97 Å². The van der Waals surface area contributed by atoms with Gasteiger partial charge in [-0.05, 0) is 49.9 Å². The summed E-state index contributed by atoms with van der Waals surface area (Å²) in [6, 6.07) is 14.6. The minimum atomic E-state index is -0.879. The van der Waals surface area contributed by atoms with Gasteiger partial charge >= 0.3 is 5.97 Å². The second kappa shape index (κ2) is 9.10. The number of aryl methyl sites for hydroxylation is 1. The number of ether oxygens (including phenoxy) is 1. The second-order valence-electron chi connectivity index (χ2n) is 9.29. The minimum Gasteiger partial charge on any atom is -0.489 e. The fourth-order valence-corrected chi connectivity index (χ4v) is 5.69. The van der Waals surface area contributed by atoms with E-state index in [-0.39, 0.29) is 11.9 Å². The van der Waals surface area contributed by atoms with Gasteiger partial charge < -0.3 is 9.84 Å². The van der Waals surface area contributed by atoms with Crippen molar-refractivity contribution in [3.05, 3.63) is 71.2 Å². The molecule has 5 nitrogen and oxygen atoms in total. The number of carboxylic acids is 1. The largest absolute Gasteiger partial charge is 0.489 e. The molecule has 1 aromatic heterocycles. The molecule has 3 atom stereocenters. The lowest BCUT2D eigenvalue weighted by Gasteiger charge is -2.48. The average Bonchev–Trinajstić information content (AvgIpc) is 2.81. The van der Waals surface area contributed by atoms with Gasteiger partial charge in [-0.1, -0.05) is 37.1 Å². The van der Waals surface area contributed by atoms with E-state index in [9.17, 15) is 14.3 Å². The van der Waals surface area contributed by atoms with Crippen LogP contribution in [0, 0.1) is 18.7 Å². The van der Waals surface area contributed by atoms with Crippen LogP contribution in [0.25, 0.3) is 10.9 Å². The molecule has 3 unspecified atom stereocenters. The molecule has 2 aromatic carbocycles. The Balaban J connectivity index is 1.40. The number of rotatable bonds is 5. The standard InChI is InChI=1S/C27H29FN2O3/c1-17-15-25(21-10-6-11-22(28)26(21)29-17)33-24-13-14-30(23-12-5-4-9-20(23)24)16-18-7-2-3-8-19(18)27(31)32/h2-3,6-8,10-11,15,20,23-24H,4-5,9,12-14,16H2,1H3,(H,31,32). The van der Waals surface area contributed by atoms with Gasteiger partial charge in [0.2, 0.25) is 0 Å². The Bertz CT molecular complexity index is 1180. The minimum absolute atomic E-state index is 0.0505. The first-order valence-electron chi connectivity index (χ1n) is 11.8. The molecule has 0 radical (unpaired) electrons. The topological polar surface area (TPSA) is 62.7 Å². The van der Waals surface area contributed by atoms with Crippen molar-refractivity contribution in [2.24, 2.45) is 5.92 Å². The predicted octanol–water partition coefficient (Wildman–Crippen LogP) is 5.59.